The number of nitrogens with zero attached hydrogens (tertiary/aromatic N) is 5. The molecule has 3 N–H and O–H groups in total. The SMILES string of the molecule is N#Cc1c(N)sc2c(F)ccc(-c3c(Cl)cc4c(O[C@H]5C[C@@H]6C[C@H]5CN6C(=O)[C@@H]5N[C@H]5C5CC5)nc(OC[C@@]56CCCN5C[C@H](F)C6)nc4c3F)c12. The van der Waals surface area contributed by atoms with Crippen molar-refractivity contribution in [2.75, 3.05) is 32.0 Å². The Bertz CT molecular complexity index is 2230. The number of rotatable bonds is 8. The highest BCUT2D eigenvalue weighted by molar-refractivity contribution is 7.23. The molecule has 15 heteroatoms. The first-order valence-corrected chi connectivity index (χ1v) is 19.2. The first-order chi connectivity index (χ1) is 25.1. The molecule has 0 spiro atoms. The zero-order valence-electron chi connectivity index (χ0n) is 28.0. The van der Waals surface area contributed by atoms with E-state index in [1.807, 2.05) is 11.0 Å². The number of hydrogen-bond donors (Lipinski definition) is 2. The van der Waals surface area contributed by atoms with Gasteiger partial charge in [0.05, 0.1) is 26.2 Å². The van der Waals surface area contributed by atoms with Crippen molar-refractivity contribution >= 4 is 54.8 Å². The van der Waals surface area contributed by atoms with Crippen molar-refractivity contribution in [3.05, 3.63) is 40.4 Å². The molecule has 6 heterocycles. The summed E-state index contributed by atoms with van der Waals surface area (Å²) in [4.78, 5) is 26.6. The van der Waals surface area contributed by atoms with Gasteiger partial charge in [0.15, 0.2) is 5.82 Å². The summed E-state index contributed by atoms with van der Waals surface area (Å²) in [5.41, 5.74) is 5.61. The maximum Gasteiger partial charge on any atom is 0.320 e. The van der Waals surface area contributed by atoms with Crippen LogP contribution in [0.5, 0.6) is 11.9 Å². The van der Waals surface area contributed by atoms with Crippen molar-refractivity contribution in [3.63, 3.8) is 0 Å². The molecule has 270 valence electrons. The molecule has 2 aromatic carbocycles. The smallest absolute Gasteiger partial charge is 0.320 e. The summed E-state index contributed by atoms with van der Waals surface area (Å²) in [6.07, 6.45) is 4.55. The molecule has 6 fully saturated rings. The van der Waals surface area contributed by atoms with Gasteiger partial charge in [-0.2, -0.15) is 15.2 Å². The van der Waals surface area contributed by atoms with Crippen molar-refractivity contribution in [2.24, 2.45) is 11.8 Å². The van der Waals surface area contributed by atoms with Crippen molar-refractivity contribution in [1.29, 1.82) is 5.26 Å². The van der Waals surface area contributed by atoms with Gasteiger partial charge in [-0.25, -0.2) is 13.2 Å². The summed E-state index contributed by atoms with van der Waals surface area (Å²) in [6.45, 7) is 1.82. The lowest BCUT2D eigenvalue weighted by atomic mass is 9.95. The van der Waals surface area contributed by atoms with Gasteiger partial charge in [0.1, 0.15) is 47.3 Å². The van der Waals surface area contributed by atoms with Gasteiger partial charge < -0.3 is 20.1 Å². The molecule has 52 heavy (non-hydrogen) atoms. The van der Waals surface area contributed by atoms with E-state index in [1.54, 1.807) is 0 Å². The molecule has 2 aromatic heterocycles. The molecule has 10 nitrogen and oxygen atoms in total. The van der Waals surface area contributed by atoms with Crippen molar-refractivity contribution < 1.29 is 27.4 Å². The number of halogens is 4. The van der Waals surface area contributed by atoms with Crippen LogP contribution in [0.3, 0.4) is 0 Å². The summed E-state index contributed by atoms with van der Waals surface area (Å²) >= 11 is 7.76. The number of ether oxygens (including phenoxy) is 2. The van der Waals surface area contributed by atoms with E-state index in [0.717, 1.165) is 37.1 Å². The van der Waals surface area contributed by atoms with Gasteiger partial charge in [-0.3, -0.25) is 15.0 Å². The van der Waals surface area contributed by atoms with E-state index >= 15 is 4.39 Å². The molecule has 7 atom stereocenters. The summed E-state index contributed by atoms with van der Waals surface area (Å²) in [5, 5.41) is 13.8. The first kappa shape index (κ1) is 32.7. The largest absolute Gasteiger partial charge is 0.473 e. The topological polar surface area (TPSA) is 140 Å². The number of nitrogens with one attached hydrogen (secondary N) is 1. The molecule has 4 saturated heterocycles. The molecular formula is C37H35ClF3N7O3S. The molecule has 0 radical (unpaired) electrons. The lowest BCUT2D eigenvalue weighted by Crippen LogP contribution is -2.45. The van der Waals surface area contributed by atoms with Crippen LogP contribution < -0.4 is 20.5 Å². The lowest BCUT2D eigenvalue weighted by molar-refractivity contribution is -0.133. The van der Waals surface area contributed by atoms with E-state index in [2.05, 4.69) is 20.2 Å². The van der Waals surface area contributed by atoms with Crippen LogP contribution in [0.1, 0.15) is 50.5 Å². The Morgan fingerprint density at radius 3 is 2.83 bits per heavy atom. The Labute approximate surface area is 306 Å². The molecular weight excluding hydrogens is 715 g/mol. The number of hydrogen-bond acceptors (Lipinski definition) is 10. The third-order valence-corrected chi connectivity index (χ3v) is 13.6. The molecule has 1 amide bonds. The number of likely N-dealkylation sites (tertiary alicyclic amines) is 1. The highest BCUT2D eigenvalue weighted by Crippen LogP contribution is 2.48. The number of nitriles is 1. The predicted molar refractivity (Wildman–Crippen MR) is 189 cm³/mol. The Balaban J connectivity index is 1.02. The first-order valence-electron chi connectivity index (χ1n) is 18.0. The Hall–Kier alpha value is -3.90. The minimum atomic E-state index is -0.959. The van der Waals surface area contributed by atoms with Gasteiger partial charge in [0.25, 0.3) is 0 Å². The maximum absolute atomic E-state index is 17.0. The maximum atomic E-state index is 17.0. The molecule has 4 aromatic rings. The van der Waals surface area contributed by atoms with Crippen LogP contribution in [0, 0.1) is 34.8 Å². The third-order valence-electron chi connectivity index (χ3n) is 12.3. The summed E-state index contributed by atoms with van der Waals surface area (Å²) in [5.74, 6) is -0.469. The number of carbonyl (C=O) groups is 1. The minimum absolute atomic E-state index is 0.0130. The average Bonchev–Trinajstić information content (AvgIpc) is 3.91. The molecule has 2 bridgehead atoms. The van der Waals surface area contributed by atoms with E-state index in [0.29, 0.717) is 37.9 Å². The second-order valence-corrected chi connectivity index (χ2v) is 16.9. The number of nitrogens with two attached hydrogens (primary N) is 1. The molecule has 0 unspecified atom stereocenters. The van der Waals surface area contributed by atoms with Crippen LogP contribution >= 0.6 is 22.9 Å². The Morgan fingerprint density at radius 1 is 1.21 bits per heavy atom. The number of fused-ring (bicyclic) bond motifs is 5. The van der Waals surface area contributed by atoms with E-state index in [-0.39, 0.29) is 96.2 Å². The monoisotopic (exact) mass is 749 g/mol. The second kappa shape index (κ2) is 11.8. The number of piperidine rings is 1. The number of carbonyl (C=O) groups excluding carboxylic acids is 1. The number of benzene rings is 2. The van der Waals surface area contributed by atoms with Crippen LogP contribution in [0.2, 0.25) is 5.02 Å². The van der Waals surface area contributed by atoms with Crippen LogP contribution in [-0.2, 0) is 4.79 Å². The van der Waals surface area contributed by atoms with Crippen LogP contribution in [0.25, 0.3) is 32.1 Å². The Kier molecular flexibility index (Phi) is 7.43. The molecule has 2 aliphatic carbocycles. The molecule has 4 aliphatic heterocycles. The van der Waals surface area contributed by atoms with Crippen LogP contribution in [0.4, 0.5) is 18.2 Å². The van der Waals surface area contributed by atoms with Crippen molar-refractivity contribution in [3.8, 4) is 29.1 Å². The summed E-state index contributed by atoms with van der Waals surface area (Å²) < 4.78 is 59.5. The van der Waals surface area contributed by atoms with E-state index in [4.69, 9.17) is 26.8 Å². The van der Waals surface area contributed by atoms with E-state index in [1.165, 1.54) is 31.0 Å². The fourth-order valence-corrected chi connectivity index (χ4v) is 10.8. The number of amides is 1. The van der Waals surface area contributed by atoms with Gasteiger partial charge in [0.2, 0.25) is 11.8 Å². The lowest BCUT2D eigenvalue weighted by Gasteiger charge is -2.32. The summed E-state index contributed by atoms with van der Waals surface area (Å²) in [6, 6.07) is 6.26. The van der Waals surface area contributed by atoms with Crippen molar-refractivity contribution in [1.82, 2.24) is 25.1 Å². The zero-order chi connectivity index (χ0) is 35.6. The molecule has 2 saturated carbocycles. The van der Waals surface area contributed by atoms with Gasteiger partial charge in [-0.05, 0) is 62.3 Å². The van der Waals surface area contributed by atoms with E-state index in [9.17, 15) is 18.8 Å². The van der Waals surface area contributed by atoms with Gasteiger partial charge in [-0.15, -0.1) is 11.3 Å². The summed E-state index contributed by atoms with van der Waals surface area (Å²) in [7, 11) is 0. The highest BCUT2D eigenvalue weighted by Gasteiger charge is 2.56. The third kappa shape index (κ3) is 5.06. The number of aromatic nitrogens is 2. The Morgan fingerprint density at radius 2 is 2.06 bits per heavy atom. The highest BCUT2D eigenvalue weighted by atomic mass is 35.5. The van der Waals surface area contributed by atoms with Gasteiger partial charge >= 0.3 is 6.01 Å². The number of alkyl halides is 1. The van der Waals surface area contributed by atoms with Crippen LogP contribution in [0.15, 0.2) is 18.2 Å². The zero-order valence-corrected chi connectivity index (χ0v) is 29.6. The fourth-order valence-electron chi connectivity index (χ4n) is 9.59. The standard InChI is InChI=1S/C37H35ClF3N7O3S/c38-23-10-21-30(28(41)27(23)20-4-5-24(40)32-26(20)22(12-42)33(43)52-32)45-36(50-15-37-6-1-7-47(37)14-18(39)11-37)46-34(21)51-25-9-19-8-17(25)13-48(19)35(49)31-29(44-31)16-2-3-16/h4-5,10,16-19,25,29,31,44H,1-3,6-9,11,13-15,43H2/t17-,18+,19-,25-,29-,31+,37-/m0/s1. The minimum Gasteiger partial charge on any atom is -0.473 e. The predicted octanol–water partition coefficient (Wildman–Crippen LogP) is 5.97. The number of thiophene rings is 1. The van der Waals surface area contributed by atoms with Gasteiger partial charge in [-0.1, -0.05) is 17.7 Å². The average molecular weight is 750 g/mol. The van der Waals surface area contributed by atoms with Gasteiger partial charge in [0, 0.05) is 54.9 Å². The fraction of sp³-hybridized carbons (Fsp3) is 0.514. The molecule has 6 aliphatic rings. The molecule has 10 rings (SSSR count). The van der Waals surface area contributed by atoms with Crippen molar-refractivity contribution in [2.45, 2.75) is 80.9 Å². The second-order valence-electron chi connectivity index (χ2n) is 15.4. The van der Waals surface area contributed by atoms with Crippen LogP contribution in [-0.4, -0.2) is 87.9 Å². The number of nitrogen functional groups attached to an aromatic ring is 1. The normalized spacial score (nSPS) is 30.7. The van der Waals surface area contributed by atoms with E-state index < -0.39 is 23.3 Å². The number of anilines is 1. The quantitative estimate of drug-likeness (QED) is 0.209.